The average molecular weight is 425 g/mol. The van der Waals surface area contributed by atoms with Crippen LogP contribution in [-0.4, -0.2) is 28.4 Å². The zero-order valence-electron chi connectivity index (χ0n) is 19.0. The van der Waals surface area contributed by atoms with Crippen LogP contribution in [0.25, 0.3) is 0 Å². The Morgan fingerprint density at radius 3 is 2.07 bits per heavy atom. The number of esters is 1. The summed E-state index contributed by atoms with van der Waals surface area (Å²) < 4.78 is 12.1. The maximum absolute atomic E-state index is 13.3. The Balaban J connectivity index is 2.46. The molecule has 160 valence electrons. The van der Waals surface area contributed by atoms with Crippen LogP contribution in [0.4, 0.5) is 5.69 Å². The van der Waals surface area contributed by atoms with Crippen molar-refractivity contribution in [1.29, 1.82) is 5.26 Å². The summed E-state index contributed by atoms with van der Waals surface area (Å²) in [4.78, 5) is 15.3. The molecule has 0 aliphatic heterocycles. The number of nitriles is 1. The highest BCUT2D eigenvalue weighted by atomic mass is 28.4. The van der Waals surface area contributed by atoms with Crippen molar-refractivity contribution in [1.82, 2.24) is 0 Å². The number of hydrogen-bond acceptors (Lipinski definition) is 5. The number of ether oxygens (including phenoxy) is 1. The molecule has 0 N–H and O–H groups in total. The first-order chi connectivity index (χ1) is 13.9. The van der Waals surface area contributed by atoms with Gasteiger partial charge in [0.05, 0.1) is 0 Å². The van der Waals surface area contributed by atoms with E-state index in [2.05, 4.69) is 26.8 Å². The lowest BCUT2D eigenvalue weighted by Gasteiger charge is -2.41. The summed E-state index contributed by atoms with van der Waals surface area (Å²) in [7, 11) is 1.39. The van der Waals surface area contributed by atoms with Crippen LogP contribution in [0.2, 0.25) is 18.1 Å². The Morgan fingerprint density at radius 2 is 1.60 bits per heavy atom. The molecule has 0 aliphatic rings. The SMILES string of the molecule is CN(C)c1ccc(C(C#N)(O[Si](C)(C)C(C)(C)C)C(=O)OCc2ccccc2)cc1. The van der Waals surface area contributed by atoms with Gasteiger partial charge in [-0.25, -0.2) is 4.79 Å². The van der Waals surface area contributed by atoms with Crippen LogP contribution < -0.4 is 4.90 Å². The second kappa shape index (κ2) is 9.03. The van der Waals surface area contributed by atoms with Gasteiger partial charge in [0.15, 0.2) is 8.32 Å². The number of carbonyl (C=O) groups excluding carboxylic acids is 1. The van der Waals surface area contributed by atoms with Crippen molar-refractivity contribution in [2.75, 3.05) is 19.0 Å². The smallest absolute Gasteiger partial charge is 0.357 e. The van der Waals surface area contributed by atoms with E-state index < -0.39 is 19.9 Å². The molecule has 2 aromatic rings. The fourth-order valence-corrected chi connectivity index (χ4v) is 4.02. The maximum atomic E-state index is 13.3. The minimum Gasteiger partial charge on any atom is -0.458 e. The van der Waals surface area contributed by atoms with Gasteiger partial charge in [-0.1, -0.05) is 63.2 Å². The highest BCUT2D eigenvalue weighted by molar-refractivity contribution is 6.74. The van der Waals surface area contributed by atoms with Crippen molar-refractivity contribution in [3.05, 3.63) is 65.7 Å². The summed E-state index contributed by atoms with van der Waals surface area (Å²) >= 11 is 0. The van der Waals surface area contributed by atoms with Crippen LogP contribution in [0.3, 0.4) is 0 Å². The molecule has 1 atom stereocenters. The molecule has 0 aromatic heterocycles. The van der Waals surface area contributed by atoms with Crippen LogP contribution >= 0.6 is 0 Å². The minimum absolute atomic E-state index is 0.0831. The second-order valence-corrected chi connectivity index (χ2v) is 13.9. The summed E-state index contributed by atoms with van der Waals surface area (Å²) in [6, 6.07) is 18.9. The van der Waals surface area contributed by atoms with Gasteiger partial charge >= 0.3 is 5.97 Å². The van der Waals surface area contributed by atoms with Gasteiger partial charge in [-0.3, -0.25) is 0 Å². The second-order valence-electron chi connectivity index (χ2n) is 9.16. The summed E-state index contributed by atoms with van der Waals surface area (Å²) in [5.74, 6) is -0.684. The van der Waals surface area contributed by atoms with E-state index in [1.54, 1.807) is 12.1 Å². The first kappa shape index (κ1) is 23.7. The normalized spacial score (nSPS) is 13.8. The summed E-state index contributed by atoms with van der Waals surface area (Å²) in [6.45, 7) is 10.4. The molecule has 0 amide bonds. The molecular weight excluding hydrogens is 392 g/mol. The molecule has 0 fully saturated rings. The average Bonchev–Trinajstić information content (AvgIpc) is 2.70. The molecule has 30 heavy (non-hydrogen) atoms. The van der Waals surface area contributed by atoms with Crippen LogP contribution in [0.15, 0.2) is 54.6 Å². The monoisotopic (exact) mass is 424 g/mol. The highest BCUT2D eigenvalue weighted by Gasteiger charge is 2.51. The summed E-state index contributed by atoms with van der Waals surface area (Å²) in [5.41, 5.74) is 0.491. The van der Waals surface area contributed by atoms with Crippen LogP contribution in [0, 0.1) is 11.3 Å². The molecule has 2 rings (SSSR count). The number of nitrogens with zero attached hydrogens (tertiary/aromatic N) is 2. The largest absolute Gasteiger partial charge is 0.458 e. The molecule has 0 heterocycles. The van der Waals surface area contributed by atoms with Gasteiger partial charge in [-0.2, -0.15) is 5.26 Å². The molecule has 1 unspecified atom stereocenters. The molecule has 5 nitrogen and oxygen atoms in total. The van der Waals surface area contributed by atoms with Crippen LogP contribution in [0.5, 0.6) is 0 Å². The zero-order chi connectivity index (χ0) is 22.6. The fraction of sp³-hybridized carbons (Fsp3) is 0.417. The van der Waals surface area contributed by atoms with Gasteiger partial charge in [0, 0.05) is 25.3 Å². The van der Waals surface area contributed by atoms with E-state index >= 15 is 0 Å². The van der Waals surface area contributed by atoms with Crippen LogP contribution in [-0.2, 0) is 26.2 Å². The van der Waals surface area contributed by atoms with Crippen molar-refractivity contribution in [3.63, 3.8) is 0 Å². The van der Waals surface area contributed by atoms with E-state index in [0.717, 1.165) is 11.3 Å². The molecule has 0 radical (unpaired) electrons. The molecule has 6 heteroatoms. The predicted molar refractivity (Wildman–Crippen MR) is 123 cm³/mol. The lowest BCUT2D eigenvalue weighted by atomic mass is 9.95. The topological polar surface area (TPSA) is 62.6 Å². The van der Waals surface area contributed by atoms with E-state index in [9.17, 15) is 10.1 Å². The molecule has 0 saturated carbocycles. The third kappa shape index (κ3) is 5.10. The van der Waals surface area contributed by atoms with Gasteiger partial charge in [-0.15, -0.1) is 0 Å². The summed E-state index contributed by atoms with van der Waals surface area (Å²) in [6.07, 6.45) is 0. The molecule has 0 spiro atoms. The third-order valence-electron chi connectivity index (χ3n) is 5.66. The molecule has 0 saturated heterocycles. The van der Waals surface area contributed by atoms with Crippen molar-refractivity contribution < 1.29 is 14.0 Å². The number of benzene rings is 2. The minimum atomic E-state index is -2.48. The van der Waals surface area contributed by atoms with E-state index in [4.69, 9.17) is 9.16 Å². The summed E-state index contributed by atoms with van der Waals surface area (Å²) in [5, 5.41) is 10.1. The Hall–Kier alpha value is -2.62. The van der Waals surface area contributed by atoms with Crippen LogP contribution in [0.1, 0.15) is 31.9 Å². The molecule has 0 aliphatic carbocycles. The van der Waals surface area contributed by atoms with E-state index in [1.807, 2.05) is 74.6 Å². The lowest BCUT2D eigenvalue weighted by molar-refractivity contribution is -0.160. The van der Waals surface area contributed by atoms with Gasteiger partial charge in [0.2, 0.25) is 0 Å². The Kier molecular flexibility index (Phi) is 7.12. The molecule has 2 aromatic carbocycles. The predicted octanol–water partition coefficient (Wildman–Crippen LogP) is 5.24. The number of hydrogen-bond donors (Lipinski definition) is 0. The van der Waals surface area contributed by atoms with Crippen molar-refractivity contribution in [2.24, 2.45) is 0 Å². The Labute approximate surface area is 181 Å². The fourth-order valence-electron chi connectivity index (χ4n) is 2.71. The first-order valence-electron chi connectivity index (χ1n) is 10.0. The quantitative estimate of drug-likeness (QED) is 0.449. The number of rotatable bonds is 7. The lowest BCUT2D eigenvalue weighted by Crippen LogP contribution is -2.51. The van der Waals surface area contributed by atoms with Crippen molar-refractivity contribution in [3.8, 4) is 6.07 Å². The van der Waals surface area contributed by atoms with E-state index in [-0.39, 0.29) is 11.6 Å². The molecule has 0 bridgehead atoms. The third-order valence-corrected chi connectivity index (χ3v) is 10.1. The van der Waals surface area contributed by atoms with Crippen molar-refractivity contribution >= 4 is 20.0 Å². The van der Waals surface area contributed by atoms with Gasteiger partial charge in [-0.05, 0) is 35.8 Å². The molecular formula is C24H32N2O3Si. The van der Waals surface area contributed by atoms with E-state index in [0.29, 0.717) is 5.56 Å². The standard InChI is InChI=1S/C24H32N2O3Si/c1-23(2,3)30(6,7)29-24(18-25,20-13-15-21(16-14-20)26(4)5)22(27)28-17-19-11-9-8-10-12-19/h8-16H,17H2,1-7H3. The zero-order valence-corrected chi connectivity index (χ0v) is 20.0. The van der Waals surface area contributed by atoms with Gasteiger partial charge < -0.3 is 14.1 Å². The van der Waals surface area contributed by atoms with Gasteiger partial charge in [0.25, 0.3) is 5.60 Å². The van der Waals surface area contributed by atoms with Crippen molar-refractivity contribution in [2.45, 2.75) is 51.1 Å². The number of carbonyl (C=O) groups is 1. The Bertz CT molecular complexity index is 897. The number of anilines is 1. The van der Waals surface area contributed by atoms with E-state index in [1.165, 1.54) is 0 Å². The highest BCUT2D eigenvalue weighted by Crippen LogP contribution is 2.42. The van der Waals surface area contributed by atoms with Gasteiger partial charge in [0.1, 0.15) is 12.7 Å². The first-order valence-corrected chi connectivity index (χ1v) is 12.9. The Morgan fingerprint density at radius 1 is 1.03 bits per heavy atom. The maximum Gasteiger partial charge on any atom is 0.357 e.